The minimum Gasteiger partial charge on any atom is -0.461 e. The van der Waals surface area contributed by atoms with Crippen molar-refractivity contribution in [2.45, 2.75) is 25.5 Å². The van der Waals surface area contributed by atoms with Crippen LogP contribution in [0.2, 0.25) is 0 Å². The number of hydrogen-bond acceptors (Lipinski definition) is 4. The highest BCUT2D eigenvalue weighted by atomic mass is 16.5. The molecule has 1 atom stereocenters. The van der Waals surface area contributed by atoms with Crippen LogP contribution in [0, 0.1) is 0 Å². The van der Waals surface area contributed by atoms with Gasteiger partial charge in [0, 0.05) is 0 Å². The van der Waals surface area contributed by atoms with Gasteiger partial charge < -0.3 is 16.2 Å². The molecule has 0 aliphatic heterocycles. The van der Waals surface area contributed by atoms with E-state index in [9.17, 15) is 9.59 Å². The lowest BCUT2D eigenvalue weighted by Crippen LogP contribution is -2.50. The van der Waals surface area contributed by atoms with Gasteiger partial charge in [0.15, 0.2) is 0 Å². The highest BCUT2D eigenvalue weighted by molar-refractivity contribution is 5.88. The minimum atomic E-state index is -1.37. The smallest absolute Gasteiger partial charge is 0.308 e. The first-order valence-electron chi connectivity index (χ1n) is 5.20. The molecule has 1 unspecified atom stereocenters. The predicted molar refractivity (Wildman–Crippen MR) is 62.6 cm³/mol. The van der Waals surface area contributed by atoms with Gasteiger partial charge in [0.25, 0.3) is 0 Å². The molecule has 5 nitrogen and oxygen atoms in total. The van der Waals surface area contributed by atoms with Crippen molar-refractivity contribution in [2.24, 2.45) is 11.5 Å². The van der Waals surface area contributed by atoms with E-state index in [1.165, 1.54) is 6.92 Å². The molecule has 0 radical (unpaired) electrons. The van der Waals surface area contributed by atoms with Crippen LogP contribution < -0.4 is 11.5 Å². The highest BCUT2D eigenvalue weighted by Crippen LogP contribution is 2.08. The van der Waals surface area contributed by atoms with Crippen molar-refractivity contribution in [1.82, 2.24) is 0 Å². The first-order chi connectivity index (χ1) is 7.92. The number of primary amides is 1. The van der Waals surface area contributed by atoms with E-state index in [4.69, 9.17) is 16.2 Å². The zero-order chi connectivity index (χ0) is 12.9. The number of amides is 1. The summed E-state index contributed by atoms with van der Waals surface area (Å²) in [6.45, 7) is 1.56. The Labute approximate surface area is 99.7 Å². The molecule has 1 aromatic rings. The van der Waals surface area contributed by atoms with Crippen molar-refractivity contribution in [3.63, 3.8) is 0 Å². The van der Waals surface area contributed by atoms with Gasteiger partial charge in [-0.2, -0.15) is 0 Å². The fourth-order valence-electron chi connectivity index (χ4n) is 1.18. The van der Waals surface area contributed by atoms with Crippen LogP contribution >= 0.6 is 0 Å². The second-order valence-electron chi connectivity index (χ2n) is 4.10. The van der Waals surface area contributed by atoms with E-state index in [2.05, 4.69) is 0 Å². The lowest BCUT2D eigenvalue weighted by atomic mass is 9.99. The molecule has 0 aliphatic carbocycles. The Bertz CT molecular complexity index is 401. The molecule has 92 valence electrons. The number of rotatable bonds is 5. The van der Waals surface area contributed by atoms with Gasteiger partial charge >= 0.3 is 5.97 Å². The Morgan fingerprint density at radius 1 is 1.29 bits per heavy atom. The normalized spacial score (nSPS) is 13.8. The van der Waals surface area contributed by atoms with Crippen LogP contribution in [0.5, 0.6) is 0 Å². The SMILES string of the molecule is CC(N)(CC(=O)OCc1ccccc1)C(N)=O. The molecule has 0 fully saturated rings. The quantitative estimate of drug-likeness (QED) is 0.720. The van der Waals surface area contributed by atoms with Crippen LogP contribution in [-0.4, -0.2) is 17.4 Å². The Morgan fingerprint density at radius 2 is 1.88 bits per heavy atom. The number of benzene rings is 1. The van der Waals surface area contributed by atoms with Crippen LogP contribution in [0.4, 0.5) is 0 Å². The zero-order valence-electron chi connectivity index (χ0n) is 9.68. The third kappa shape index (κ3) is 4.24. The van der Waals surface area contributed by atoms with Crippen molar-refractivity contribution in [3.8, 4) is 0 Å². The zero-order valence-corrected chi connectivity index (χ0v) is 9.68. The van der Waals surface area contributed by atoms with E-state index in [1.54, 1.807) is 0 Å². The maximum atomic E-state index is 11.4. The van der Waals surface area contributed by atoms with Crippen molar-refractivity contribution in [3.05, 3.63) is 35.9 Å². The number of nitrogens with two attached hydrogens (primary N) is 2. The predicted octanol–water partition coefficient (Wildman–Crippen LogP) is 0.323. The van der Waals surface area contributed by atoms with Crippen molar-refractivity contribution in [2.75, 3.05) is 0 Å². The Morgan fingerprint density at radius 3 is 2.41 bits per heavy atom. The molecular weight excluding hydrogens is 220 g/mol. The number of hydrogen-bond donors (Lipinski definition) is 2. The number of ether oxygens (including phenoxy) is 1. The molecular formula is C12H16N2O3. The van der Waals surface area contributed by atoms with Gasteiger partial charge in [0.1, 0.15) is 12.1 Å². The van der Waals surface area contributed by atoms with E-state index in [1.807, 2.05) is 30.3 Å². The van der Waals surface area contributed by atoms with Gasteiger partial charge in [-0.1, -0.05) is 30.3 Å². The van der Waals surface area contributed by atoms with Gasteiger partial charge in [-0.05, 0) is 12.5 Å². The molecule has 1 rings (SSSR count). The third-order valence-electron chi connectivity index (χ3n) is 2.32. The summed E-state index contributed by atoms with van der Waals surface area (Å²) >= 11 is 0. The maximum Gasteiger partial charge on any atom is 0.308 e. The summed E-state index contributed by atoms with van der Waals surface area (Å²) in [6, 6.07) is 9.24. The fourth-order valence-corrected chi connectivity index (χ4v) is 1.18. The topological polar surface area (TPSA) is 95.4 Å². The van der Waals surface area contributed by atoms with Crippen molar-refractivity contribution < 1.29 is 14.3 Å². The van der Waals surface area contributed by atoms with Gasteiger partial charge in [-0.15, -0.1) is 0 Å². The summed E-state index contributed by atoms with van der Waals surface area (Å²) in [5.74, 6) is -1.27. The van der Waals surface area contributed by atoms with E-state index in [-0.39, 0.29) is 13.0 Å². The van der Waals surface area contributed by atoms with Crippen LogP contribution in [0.3, 0.4) is 0 Å². The number of carbonyl (C=O) groups is 2. The molecule has 0 saturated carbocycles. The average molecular weight is 236 g/mol. The second kappa shape index (κ2) is 5.45. The minimum absolute atomic E-state index is 0.161. The van der Waals surface area contributed by atoms with Gasteiger partial charge in [0.05, 0.1) is 6.42 Å². The van der Waals surface area contributed by atoms with E-state index < -0.39 is 17.4 Å². The first kappa shape index (κ1) is 13.2. The molecule has 1 aromatic carbocycles. The highest BCUT2D eigenvalue weighted by Gasteiger charge is 2.29. The Hall–Kier alpha value is -1.88. The van der Waals surface area contributed by atoms with Crippen LogP contribution in [0.15, 0.2) is 30.3 Å². The summed E-state index contributed by atoms with van der Waals surface area (Å²) in [5, 5.41) is 0. The summed E-state index contributed by atoms with van der Waals surface area (Å²) in [4.78, 5) is 22.3. The molecule has 0 saturated heterocycles. The molecule has 0 spiro atoms. The molecule has 5 heteroatoms. The second-order valence-corrected chi connectivity index (χ2v) is 4.10. The molecule has 0 heterocycles. The van der Waals surface area contributed by atoms with E-state index in [0.717, 1.165) is 5.56 Å². The largest absolute Gasteiger partial charge is 0.461 e. The van der Waals surface area contributed by atoms with Crippen molar-refractivity contribution >= 4 is 11.9 Å². The number of esters is 1. The van der Waals surface area contributed by atoms with Gasteiger partial charge in [-0.3, -0.25) is 9.59 Å². The van der Waals surface area contributed by atoms with Crippen LogP contribution in [0.25, 0.3) is 0 Å². The van der Waals surface area contributed by atoms with Crippen LogP contribution in [-0.2, 0) is 20.9 Å². The number of carbonyl (C=O) groups excluding carboxylic acids is 2. The van der Waals surface area contributed by atoms with Crippen molar-refractivity contribution in [1.29, 1.82) is 0 Å². The molecule has 1 amide bonds. The standard InChI is InChI=1S/C12H16N2O3/c1-12(14,11(13)16)7-10(15)17-8-9-5-3-2-4-6-9/h2-6H,7-8,14H2,1H3,(H2,13,16). The Kier molecular flexibility index (Phi) is 4.23. The molecule has 0 aliphatic rings. The molecule has 4 N–H and O–H groups in total. The average Bonchev–Trinajstić information content (AvgIpc) is 2.27. The van der Waals surface area contributed by atoms with Gasteiger partial charge in [0.2, 0.25) is 5.91 Å². The van der Waals surface area contributed by atoms with E-state index >= 15 is 0 Å². The van der Waals surface area contributed by atoms with Gasteiger partial charge in [-0.25, -0.2) is 0 Å². The monoisotopic (exact) mass is 236 g/mol. The van der Waals surface area contributed by atoms with Crippen LogP contribution in [0.1, 0.15) is 18.9 Å². The Balaban J connectivity index is 2.44. The fraction of sp³-hybridized carbons (Fsp3) is 0.333. The third-order valence-corrected chi connectivity index (χ3v) is 2.32. The molecule has 17 heavy (non-hydrogen) atoms. The first-order valence-corrected chi connectivity index (χ1v) is 5.20. The molecule has 0 aromatic heterocycles. The summed E-state index contributed by atoms with van der Waals surface area (Å²) in [6.07, 6.45) is -0.227. The summed E-state index contributed by atoms with van der Waals surface area (Å²) in [7, 11) is 0. The maximum absolute atomic E-state index is 11.4. The summed E-state index contributed by atoms with van der Waals surface area (Å²) < 4.78 is 4.99. The van der Waals surface area contributed by atoms with E-state index in [0.29, 0.717) is 0 Å². The molecule has 0 bridgehead atoms. The lowest BCUT2D eigenvalue weighted by molar-refractivity contribution is -0.148. The summed E-state index contributed by atoms with van der Waals surface area (Å²) in [5.41, 5.74) is 10.1. The lowest BCUT2D eigenvalue weighted by Gasteiger charge is -2.18.